The molecule has 2 aliphatic carbocycles. The van der Waals surface area contributed by atoms with Gasteiger partial charge in [0.15, 0.2) is 5.78 Å². The summed E-state index contributed by atoms with van der Waals surface area (Å²) in [6.07, 6.45) is 6.21. The van der Waals surface area contributed by atoms with E-state index in [-0.39, 0.29) is 0 Å². The largest absolute Gasteiger partial charge is 0.290 e. The zero-order valence-electron chi connectivity index (χ0n) is 13.4. The molecule has 0 atom stereocenters. The van der Waals surface area contributed by atoms with Gasteiger partial charge in [0, 0.05) is 0 Å². The predicted octanol–water partition coefficient (Wildman–Crippen LogP) is 4.88. The number of allylic oxidation sites excluding steroid dienone is 4. The third kappa shape index (κ3) is 2.73. The summed E-state index contributed by atoms with van der Waals surface area (Å²) in [5.74, 6) is 0.463. The van der Waals surface area contributed by atoms with Crippen molar-refractivity contribution in [1.82, 2.24) is 0 Å². The van der Waals surface area contributed by atoms with E-state index in [1.54, 1.807) is 0 Å². The lowest BCUT2D eigenvalue weighted by Gasteiger charge is -2.23. The second-order valence-corrected chi connectivity index (χ2v) is 18.1. The zero-order chi connectivity index (χ0) is 14.4. The number of carbonyl (C=O) groups excluding carboxylic acids is 1. The molecule has 19 heavy (non-hydrogen) atoms. The van der Waals surface area contributed by atoms with Gasteiger partial charge < -0.3 is 0 Å². The van der Waals surface area contributed by atoms with Gasteiger partial charge in [0.2, 0.25) is 0 Å². The minimum atomic E-state index is -1.53. The van der Waals surface area contributed by atoms with Crippen LogP contribution in [0.3, 0.4) is 0 Å². The van der Waals surface area contributed by atoms with E-state index < -0.39 is 16.1 Å². The van der Waals surface area contributed by atoms with Gasteiger partial charge in [-0.15, -0.1) is 0 Å². The highest BCUT2D eigenvalue weighted by molar-refractivity contribution is 6.94. The van der Waals surface area contributed by atoms with Crippen LogP contribution in [0, 0.1) is 0 Å². The molecular formula is C16H28OSi2. The van der Waals surface area contributed by atoms with Crippen LogP contribution in [0.5, 0.6) is 0 Å². The molecule has 3 heteroatoms. The van der Waals surface area contributed by atoms with Crippen molar-refractivity contribution in [2.45, 2.75) is 71.4 Å². The SMILES string of the molecule is C[Si](C)(C)C1=C2CCCCCC2=C([Si](C)(C)C)C1=O. The smallest absolute Gasteiger partial charge is 0.177 e. The van der Waals surface area contributed by atoms with Crippen LogP contribution >= 0.6 is 0 Å². The Balaban J connectivity index is 2.61. The van der Waals surface area contributed by atoms with E-state index in [0.29, 0.717) is 5.78 Å². The summed E-state index contributed by atoms with van der Waals surface area (Å²) in [5.41, 5.74) is 3.00. The summed E-state index contributed by atoms with van der Waals surface area (Å²) in [6, 6.07) is 0. The molecule has 0 heterocycles. The maximum Gasteiger partial charge on any atom is 0.177 e. The molecule has 2 aliphatic rings. The molecule has 0 aliphatic heterocycles. The van der Waals surface area contributed by atoms with Crippen molar-refractivity contribution in [3.63, 3.8) is 0 Å². The molecule has 0 radical (unpaired) electrons. The molecule has 0 amide bonds. The highest BCUT2D eigenvalue weighted by Gasteiger charge is 2.42. The van der Waals surface area contributed by atoms with E-state index in [2.05, 4.69) is 39.3 Å². The molecule has 0 bridgehead atoms. The molecule has 1 fully saturated rings. The van der Waals surface area contributed by atoms with Crippen LogP contribution in [0.25, 0.3) is 0 Å². The van der Waals surface area contributed by atoms with E-state index >= 15 is 0 Å². The van der Waals surface area contributed by atoms with Gasteiger partial charge in [-0.25, -0.2) is 0 Å². The molecule has 0 aromatic heterocycles. The molecule has 0 N–H and O–H groups in total. The Morgan fingerprint density at radius 2 is 1.05 bits per heavy atom. The molecule has 0 spiro atoms. The van der Waals surface area contributed by atoms with E-state index in [9.17, 15) is 4.79 Å². The monoisotopic (exact) mass is 292 g/mol. The van der Waals surface area contributed by atoms with Gasteiger partial charge in [-0.3, -0.25) is 4.79 Å². The minimum Gasteiger partial charge on any atom is -0.290 e. The summed E-state index contributed by atoms with van der Waals surface area (Å²) in [5, 5.41) is 2.56. The summed E-state index contributed by atoms with van der Waals surface area (Å²) >= 11 is 0. The molecule has 106 valence electrons. The van der Waals surface area contributed by atoms with E-state index in [4.69, 9.17) is 0 Å². The Hall–Kier alpha value is -0.416. The van der Waals surface area contributed by atoms with Crippen molar-refractivity contribution in [2.75, 3.05) is 0 Å². The first kappa shape index (κ1) is 15.0. The highest BCUT2D eigenvalue weighted by Crippen LogP contribution is 2.44. The lowest BCUT2D eigenvalue weighted by Crippen LogP contribution is -2.35. The van der Waals surface area contributed by atoms with Gasteiger partial charge in [-0.2, -0.15) is 0 Å². The molecule has 0 aromatic rings. The van der Waals surface area contributed by atoms with Crippen LogP contribution in [0.4, 0.5) is 0 Å². The second-order valence-electron chi connectivity index (χ2n) is 8.10. The normalized spacial score (nSPS) is 21.9. The van der Waals surface area contributed by atoms with Crippen LogP contribution in [0.1, 0.15) is 32.1 Å². The number of fused-ring (bicyclic) bond motifs is 1. The molecule has 0 unspecified atom stereocenters. The molecular weight excluding hydrogens is 264 g/mol. The third-order valence-corrected chi connectivity index (χ3v) is 8.33. The lowest BCUT2D eigenvalue weighted by atomic mass is 10.1. The Bertz CT molecular complexity index is 428. The summed E-state index contributed by atoms with van der Waals surface area (Å²) < 4.78 is 0. The maximum absolute atomic E-state index is 13.0. The first-order valence-corrected chi connectivity index (χ1v) is 14.7. The summed E-state index contributed by atoms with van der Waals surface area (Å²) in [7, 11) is -3.06. The Labute approximate surface area is 120 Å². The number of Topliss-reactive ketones (excluding diaryl/α,β-unsaturated/α-hetero) is 1. The topological polar surface area (TPSA) is 17.1 Å². The molecule has 1 nitrogen and oxygen atoms in total. The van der Waals surface area contributed by atoms with E-state index in [1.165, 1.54) is 40.8 Å². The van der Waals surface area contributed by atoms with Crippen molar-refractivity contribution in [3.05, 3.63) is 21.5 Å². The standard InChI is InChI=1S/C16H28OSi2/c1-18(2,3)15-12-10-8-7-9-11-13(12)16(14(15)17)19(4,5)6/h7-11H2,1-6H3. The zero-order valence-corrected chi connectivity index (χ0v) is 15.4. The fraction of sp³-hybridized carbons (Fsp3) is 0.688. The fourth-order valence-electron chi connectivity index (χ4n) is 3.62. The minimum absolute atomic E-state index is 0.463. The van der Waals surface area contributed by atoms with Gasteiger partial charge in [-0.1, -0.05) is 45.7 Å². The van der Waals surface area contributed by atoms with E-state index in [1.807, 2.05) is 0 Å². The Morgan fingerprint density at radius 1 is 0.684 bits per heavy atom. The van der Waals surface area contributed by atoms with Crippen molar-refractivity contribution >= 4 is 21.9 Å². The number of carbonyl (C=O) groups is 1. The van der Waals surface area contributed by atoms with Crippen LogP contribution in [0.2, 0.25) is 39.3 Å². The first-order valence-electron chi connectivity index (χ1n) is 7.66. The summed E-state index contributed by atoms with van der Waals surface area (Å²) in [6.45, 7) is 14.0. The van der Waals surface area contributed by atoms with Gasteiger partial charge in [0.25, 0.3) is 0 Å². The van der Waals surface area contributed by atoms with Crippen molar-refractivity contribution in [3.8, 4) is 0 Å². The molecule has 0 aromatic carbocycles. The van der Waals surface area contributed by atoms with Crippen LogP contribution in [-0.2, 0) is 4.79 Å². The average Bonchev–Trinajstić information content (AvgIpc) is 2.38. The van der Waals surface area contributed by atoms with Crippen molar-refractivity contribution in [2.24, 2.45) is 0 Å². The van der Waals surface area contributed by atoms with Crippen LogP contribution in [0.15, 0.2) is 21.5 Å². The number of rotatable bonds is 2. The quantitative estimate of drug-likeness (QED) is 0.663. The number of hydrogen-bond acceptors (Lipinski definition) is 1. The Morgan fingerprint density at radius 3 is 1.37 bits per heavy atom. The first-order chi connectivity index (χ1) is 8.64. The molecule has 2 rings (SSSR count). The van der Waals surface area contributed by atoms with Crippen molar-refractivity contribution < 1.29 is 4.79 Å². The summed E-state index contributed by atoms with van der Waals surface area (Å²) in [4.78, 5) is 13.0. The second kappa shape index (κ2) is 4.85. The third-order valence-electron chi connectivity index (χ3n) is 4.28. The lowest BCUT2D eigenvalue weighted by molar-refractivity contribution is -0.111. The maximum atomic E-state index is 13.0. The van der Waals surface area contributed by atoms with E-state index in [0.717, 1.165) is 12.8 Å². The number of hydrogen-bond donors (Lipinski definition) is 0. The van der Waals surface area contributed by atoms with Gasteiger partial charge >= 0.3 is 0 Å². The fourth-order valence-corrected chi connectivity index (χ4v) is 7.72. The predicted molar refractivity (Wildman–Crippen MR) is 88.8 cm³/mol. The van der Waals surface area contributed by atoms with Crippen LogP contribution in [-0.4, -0.2) is 21.9 Å². The van der Waals surface area contributed by atoms with Gasteiger partial charge in [0.05, 0.1) is 16.1 Å². The highest BCUT2D eigenvalue weighted by atomic mass is 28.3. The van der Waals surface area contributed by atoms with Crippen LogP contribution < -0.4 is 0 Å². The Kier molecular flexibility index (Phi) is 3.82. The molecule has 1 saturated carbocycles. The van der Waals surface area contributed by atoms with Gasteiger partial charge in [0.1, 0.15) is 0 Å². The van der Waals surface area contributed by atoms with Crippen molar-refractivity contribution in [1.29, 1.82) is 0 Å². The number of ketones is 1. The average molecular weight is 293 g/mol. The molecule has 0 saturated heterocycles. The van der Waals surface area contributed by atoms with Gasteiger partial charge in [-0.05, 0) is 47.2 Å².